The number of fused-ring (bicyclic) bond motifs is 1. The van der Waals surface area contributed by atoms with Gasteiger partial charge in [0.25, 0.3) is 0 Å². The van der Waals surface area contributed by atoms with Gasteiger partial charge in [-0.3, -0.25) is 0 Å². The Kier molecular flexibility index (Phi) is 2.34. The van der Waals surface area contributed by atoms with E-state index in [2.05, 4.69) is 54.0 Å². The van der Waals surface area contributed by atoms with Crippen LogP contribution >= 0.6 is 11.3 Å². The molecule has 0 radical (unpaired) electrons. The highest BCUT2D eigenvalue weighted by Crippen LogP contribution is 2.36. The minimum atomic E-state index is 0.00299. The molecule has 1 nitrogen and oxygen atoms in total. The van der Waals surface area contributed by atoms with Gasteiger partial charge in [-0.2, -0.15) is 0 Å². The molecular weight excluding hydrogens is 214 g/mol. The number of benzene rings is 1. The standard InChI is InChI=1S/C14H15NS/c1-14(13-7-4-10-16-13)12-6-3-2-5-11(12)8-9-15-14/h2-7,10,15H,8-9H2,1H3/t14-/m1/s1. The molecule has 0 fully saturated rings. The Labute approximate surface area is 100 Å². The molecule has 1 aromatic heterocycles. The van der Waals surface area contributed by atoms with E-state index < -0.39 is 0 Å². The van der Waals surface area contributed by atoms with Crippen LogP contribution in [0.5, 0.6) is 0 Å². The van der Waals surface area contributed by atoms with E-state index in [4.69, 9.17) is 0 Å². The van der Waals surface area contributed by atoms with Gasteiger partial charge in [0.05, 0.1) is 5.54 Å². The van der Waals surface area contributed by atoms with E-state index in [0.29, 0.717) is 0 Å². The lowest BCUT2D eigenvalue weighted by Gasteiger charge is -2.36. The highest BCUT2D eigenvalue weighted by molar-refractivity contribution is 7.10. The summed E-state index contributed by atoms with van der Waals surface area (Å²) < 4.78 is 0. The second-order valence-corrected chi connectivity index (χ2v) is 5.38. The lowest BCUT2D eigenvalue weighted by Crippen LogP contribution is -2.45. The third-order valence-electron chi connectivity index (χ3n) is 3.44. The number of thiophene rings is 1. The smallest absolute Gasteiger partial charge is 0.0758 e. The fourth-order valence-electron chi connectivity index (χ4n) is 2.55. The van der Waals surface area contributed by atoms with Crippen molar-refractivity contribution in [3.63, 3.8) is 0 Å². The van der Waals surface area contributed by atoms with Crippen molar-refractivity contribution in [2.75, 3.05) is 6.54 Å². The van der Waals surface area contributed by atoms with Crippen LogP contribution in [0.15, 0.2) is 41.8 Å². The van der Waals surface area contributed by atoms with Crippen LogP contribution < -0.4 is 5.32 Å². The summed E-state index contributed by atoms with van der Waals surface area (Å²) in [4.78, 5) is 1.40. The quantitative estimate of drug-likeness (QED) is 0.792. The van der Waals surface area contributed by atoms with Crippen molar-refractivity contribution in [3.8, 4) is 0 Å². The minimum Gasteiger partial charge on any atom is -0.303 e. The molecule has 0 saturated heterocycles. The molecule has 0 bridgehead atoms. The van der Waals surface area contributed by atoms with Crippen LogP contribution in [0.4, 0.5) is 0 Å². The van der Waals surface area contributed by atoms with Gasteiger partial charge < -0.3 is 5.32 Å². The third kappa shape index (κ3) is 1.41. The van der Waals surface area contributed by atoms with E-state index in [0.717, 1.165) is 13.0 Å². The van der Waals surface area contributed by atoms with Crippen molar-refractivity contribution in [3.05, 3.63) is 57.8 Å². The molecule has 2 aromatic rings. The van der Waals surface area contributed by atoms with E-state index in [-0.39, 0.29) is 5.54 Å². The molecule has 0 spiro atoms. The van der Waals surface area contributed by atoms with Crippen LogP contribution in [0.1, 0.15) is 22.9 Å². The van der Waals surface area contributed by atoms with Crippen LogP contribution in [-0.2, 0) is 12.0 Å². The van der Waals surface area contributed by atoms with Crippen LogP contribution in [0.3, 0.4) is 0 Å². The van der Waals surface area contributed by atoms with Gasteiger partial charge in [-0.05, 0) is 35.9 Å². The fourth-order valence-corrected chi connectivity index (χ4v) is 3.43. The monoisotopic (exact) mass is 229 g/mol. The first-order valence-electron chi connectivity index (χ1n) is 5.68. The normalized spacial score (nSPS) is 24.1. The van der Waals surface area contributed by atoms with Crippen molar-refractivity contribution in [2.45, 2.75) is 18.9 Å². The SMILES string of the molecule is C[C@@]1(c2cccs2)NCCc2ccccc21. The predicted octanol–water partition coefficient (Wildman–Crippen LogP) is 3.16. The average Bonchev–Trinajstić information content (AvgIpc) is 2.84. The summed E-state index contributed by atoms with van der Waals surface area (Å²) >= 11 is 1.83. The molecule has 1 aromatic carbocycles. The Morgan fingerprint density at radius 1 is 1.19 bits per heavy atom. The highest BCUT2D eigenvalue weighted by atomic mass is 32.1. The lowest BCUT2D eigenvalue weighted by atomic mass is 9.83. The van der Waals surface area contributed by atoms with Gasteiger partial charge in [0.1, 0.15) is 0 Å². The van der Waals surface area contributed by atoms with Gasteiger partial charge in [0.15, 0.2) is 0 Å². The summed E-state index contributed by atoms with van der Waals surface area (Å²) in [5, 5.41) is 5.82. The second-order valence-electron chi connectivity index (χ2n) is 4.44. The lowest BCUT2D eigenvalue weighted by molar-refractivity contribution is 0.422. The Morgan fingerprint density at radius 3 is 2.88 bits per heavy atom. The molecule has 0 aliphatic carbocycles. The molecule has 2 heterocycles. The Hall–Kier alpha value is -1.12. The number of hydrogen-bond acceptors (Lipinski definition) is 2. The summed E-state index contributed by atoms with van der Waals surface area (Å²) in [5.74, 6) is 0. The van der Waals surface area contributed by atoms with Crippen LogP contribution in [0.25, 0.3) is 0 Å². The Morgan fingerprint density at radius 2 is 2.06 bits per heavy atom. The zero-order valence-electron chi connectivity index (χ0n) is 9.36. The highest BCUT2D eigenvalue weighted by Gasteiger charge is 2.33. The molecule has 1 aliphatic heterocycles. The molecule has 1 aliphatic rings. The van der Waals surface area contributed by atoms with E-state index in [1.807, 2.05) is 11.3 Å². The van der Waals surface area contributed by atoms with Crippen molar-refractivity contribution in [1.82, 2.24) is 5.32 Å². The molecule has 0 saturated carbocycles. The second kappa shape index (κ2) is 3.72. The zero-order valence-corrected chi connectivity index (χ0v) is 10.2. The van der Waals surface area contributed by atoms with Crippen molar-refractivity contribution in [2.24, 2.45) is 0 Å². The molecule has 0 unspecified atom stereocenters. The maximum Gasteiger partial charge on any atom is 0.0758 e. The van der Waals surface area contributed by atoms with E-state index in [1.54, 1.807) is 0 Å². The summed E-state index contributed by atoms with van der Waals surface area (Å²) in [5.41, 5.74) is 2.92. The summed E-state index contributed by atoms with van der Waals surface area (Å²) in [6.07, 6.45) is 1.14. The molecule has 3 rings (SSSR count). The summed E-state index contributed by atoms with van der Waals surface area (Å²) in [6.45, 7) is 3.35. The largest absolute Gasteiger partial charge is 0.303 e. The predicted molar refractivity (Wildman–Crippen MR) is 68.9 cm³/mol. The fraction of sp³-hybridized carbons (Fsp3) is 0.286. The number of rotatable bonds is 1. The average molecular weight is 229 g/mol. The molecule has 2 heteroatoms. The molecule has 0 amide bonds. The Bertz CT molecular complexity index is 489. The molecular formula is C14H15NS. The van der Waals surface area contributed by atoms with Gasteiger partial charge in [0.2, 0.25) is 0 Å². The molecule has 82 valence electrons. The third-order valence-corrected chi connectivity index (χ3v) is 4.53. The van der Waals surface area contributed by atoms with E-state index >= 15 is 0 Å². The van der Waals surface area contributed by atoms with Crippen molar-refractivity contribution in [1.29, 1.82) is 0 Å². The molecule has 16 heavy (non-hydrogen) atoms. The maximum atomic E-state index is 3.66. The summed E-state index contributed by atoms with van der Waals surface area (Å²) in [6, 6.07) is 13.1. The topological polar surface area (TPSA) is 12.0 Å². The Balaban J connectivity index is 2.17. The van der Waals surface area contributed by atoms with Gasteiger partial charge >= 0.3 is 0 Å². The van der Waals surface area contributed by atoms with Gasteiger partial charge in [-0.15, -0.1) is 11.3 Å². The number of nitrogens with one attached hydrogen (secondary N) is 1. The van der Waals surface area contributed by atoms with E-state index in [1.165, 1.54) is 16.0 Å². The van der Waals surface area contributed by atoms with Gasteiger partial charge in [0, 0.05) is 11.4 Å². The van der Waals surface area contributed by atoms with Crippen LogP contribution in [0.2, 0.25) is 0 Å². The minimum absolute atomic E-state index is 0.00299. The van der Waals surface area contributed by atoms with Gasteiger partial charge in [-0.1, -0.05) is 30.3 Å². The molecule has 1 atom stereocenters. The zero-order chi connectivity index (χ0) is 11.0. The van der Waals surface area contributed by atoms with Crippen LogP contribution in [0, 0.1) is 0 Å². The van der Waals surface area contributed by atoms with E-state index in [9.17, 15) is 0 Å². The van der Waals surface area contributed by atoms with Crippen LogP contribution in [-0.4, -0.2) is 6.54 Å². The first-order chi connectivity index (χ1) is 7.81. The van der Waals surface area contributed by atoms with Gasteiger partial charge in [-0.25, -0.2) is 0 Å². The number of hydrogen-bond donors (Lipinski definition) is 1. The molecule has 1 N–H and O–H groups in total. The van der Waals surface area contributed by atoms with Crippen molar-refractivity contribution >= 4 is 11.3 Å². The summed E-state index contributed by atoms with van der Waals surface area (Å²) in [7, 11) is 0. The first kappa shape index (κ1) is 10.1. The maximum absolute atomic E-state index is 3.66. The van der Waals surface area contributed by atoms with Crippen molar-refractivity contribution < 1.29 is 0 Å². The first-order valence-corrected chi connectivity index (χ1v) is 6.56.